The monoisotopic (exact) mass is 322 g/mol. The van der Waals surface area contributed by atoms with Crippen LogP contribution >= 0.6 is 23.1 Å². The molecule has 1 aliphatic carbocycles. The van der Waals surface area contributed by atoms with E-state index in [1.165, 1.54) is 16.9 Å². The highest BCUT2D eigenvalue weighted by Gasteiger charge is 2.30. The summed E-state index contributed by atoms with van der Waals surface area (Å²) in [4.78, 5) is 18.8. The second kappa shape index (κ2) is 5.76. The van der Waals surface area contributed by atoms with Crippen molar-refractivity contribution in [3.05, 3.63) is 21.4 Å². The molecule has 3 rings (SSSR count). The molecule has 0 saturated heterocycles. The summed E-state index contributed by atoms with van der Waals surface area (Å²) in [6, 6.07) is 2.10. The predicted octanol–water partition coefficient (Wildman–Crippen LogP) is 3.73. The second-order valence-electron chi connectivity index (χ2n) is 6.85. The van der Waals surface area contributed by atoms with Crippen LogP contribution in [0.3, 0.4) is 0 Å². The Morgan fingerprint density at radius 3 is 2.90 bits per heavy atom. The van der Waals surface area contributed by atoms with Gasteiger partial charge in [0, 0.05) is 10.6 Å². The van der Waals surface area contributed by atoms with E-state index in [-0.39, 0.29) is 5.91 Å². The average molecular weight is 322 g/mol. The van der Waals surface area contributed by atoms with Gasteiger partial charge >= 0.3 is 0 Å². The molecule has 1 aromatic rings. The molecular weight excluding hydrogens is 300 g/mol. The van der Waals surface area contributed by atoms with Crippen LogP contribution in [-0.2, 0) is 12.8 Å². The predicted molar refractivity (Wildman–Crippen MR) is 91.5 cm³/mol. The van der Waals surface area contributed by atoms with E-state index in [4.69, 9.17) is 0 Å². The smallest absolute Gasteiger partial charge is 0.267 e. The number of nitrogens with one attached hydrogen (secondary N) is 1. The molecule has 1 aliphatic heterocycles. The maximum absolute atomic E-state index is 12.3. The van der Waals surface area contributed by atoms with E-state index in [0.29, 0.717) is 11.3 Å². The van der Waals surface area contributed by atoms with Gasteiger partial charge < -0.3 is 5.32 Å². The van der Waals surface area contributed by atoms with Crippen molar-refractivity contribution >= 4 is 34.2 Å². The molecule has 1 N–H and O–H groups in total. The molecule has 0 bridgehead atoms. The number of thiophene rings is 1. The summed E-state index contributed by atoms with van der Waals surface area (Å²) >= 11 is 3.29. The SMILES string of the molecule is CC(C)(C)C1CCc2sc(C(=O)NC3=NCCS3)cc2C1. The molecule has 0 fully saturated rings. The molecule has 2 heterocycles. The normalized spacial score (nSPS) is 21.9. The van der Waals surface area contributed by atoms with Gasteiger partial charge in [0.1, 0.15) is 0 Å². The van der Waals surface area contributed by atoms with E-state index >= 15 is 0 Å². The van der Waals surface area contributed by atoms with Crippen LogP contribution in [0.5, 0.6) is 0 Å². The zero-order chi connectivity index (χ0) is 15.0. The Bertz CT molecular complexity index is 584. The van der Waals surface area contributed by atoms with Crippen molar-refractivity contribution < 1.29 is 4.79 Å². The quantitative estimate of drug-likeness (QED) is 0.856. The maximum Gasteiger partial charge on any atom is 0.267 e. The number of carbonyl (C=O) groups excluding carboxylic acids is 1. The zero-order valence-corrected chi connectivity index (χ0v) is 14.5. The molecule has 1 amide bonds. The molecule has 0 saturated carbocycles. The minimum atomic E-state index is 0.00913. The number of carbonyl (C=O) groups is 1. The van der Waals surface area contributed by atoms with E-state index in [2.05, 4.69) is 37.1 Å². The Morgan fingerprint density at radius 1 is 1.43 bits per heavy atom. The van der Waals surface area contributed by atoms with Gasteiger partial charge in [-0.2, -0.15) is 0 Å². The molecular formula is C16H22N2OS2. The van der Waals surface area contributed by atoms with Crippen molar-refractivity contribution in [3.8, 4) is 0 Å². The molecule has 2 aliphatic rings. The van der Waals surface area contributed by atoms with Crippen molar-refractivity contribution in [2.75, 3.05) is 12.3 Å². The molecule has 0 spiro atoms. The first-order chi connectivity index (χ1) is 9.93. The largest absolute Gasteiger partial charge is 0.301 e. The molecule has 1 atom stereocenters. The van der Waals surface area contributed by atoms with E-state index in [1.807, 2.05) is 0 Å². The lowest BCUT2D eigenvalue weighted by Crippen LogP contribution is -2.26. The number of hydrogen-bond donors (Lipinski definition) is 1. The number of thioether (sulfide) groups is 1. The molecule has 0 aromatic carbocycles. The lowest BCUT2D eigenvalue weighted by atomic mass is 9.72. The number of rotatable bonds is 1. The summed E-state index contributed by atoms with van der Waals surface area (Å²) < 4.78 is 0. The molecule has 21 heavy (non-hydrogen) atoms. The van der Waals surface area contributed by atoms with Crippen LogP contribution in [0, 0.1) is 11.3 Å². The fourth-order valence-electron chi connectivity index (χ4n) is 2.94. The Labute approximate surface area is 134 Å². The lowest BCUT2D eigenvalue weighted by Gasteiger charge is -2.33. The standard InChI is InChI=1S/C16H22N2OS2/c1-16(2,3)11-4-5-12-10(8-11)9-13(21-12)14(19)18-15-17-6-7-20-15/h9,11H,4-8H2,1-3H3,(H,17,18,19). The summed E-state index contributed by atoms with van der Waals surface area (Å²) in [7, 11) is 0. The average Bonchev–Trinajstić information content (AvgIpc) is 3.04. The minimum Gasteiger partial charge on any atom is -0.301 e. The summed E-state index contributed by atoms with van der Waals surface area (Å²) in [6.07, 6.45) is 3.46. The Morgan fingerprint density at radius 2 is 2.24 bits per heavy atom. The highest BCUT2D eigenvalue weighted by molar-refractivity contribution is 8.14. The Balaban J connectivity index is 1.72. The summed E-state index contributed by atoms with van der Waals surface area (Å²) in [6.45, 7) is 7.77. The van der Waals surface area contributed by atoms with Crippen molar-refractivity contribution in [3.63, 3.8) is 0 Å². The van der Waals surface area contributed by atoms with Crippen LogP contribution in [-0.4, -0.2) is 23.4 Å². The third kappa shape index (κ3) is 3.34. The van der Waals surface area contributed by atoms with Crippen molar-refractivity contribution in [2.45, 2.75) is 40.0 Å². The van der Waals surface area contributed by atoms with Gasteiger partial charge in [-0.3, -0.25) is 9.79 Å². The third-order valence-electron chi connectivity index (χ3n) is 4.34. The van der Waals surface area contributed by atoms with E-state index < -0.39 is 0 Å². The van der Waals surface area contributed by atoms with Crippen molar-refractivity contribution in [1.82, 2.24) is 5.32 Å². The molecule has 1 aromatic heterocycles. The van der Waals surface area contributed by atoms with E-state index in [0.717, 1.165) is 35.2 Å². The number of aliphatic imine (C=N–C) groups is 1. The van der Waals surface area contributed by atoms with Gasteiger partial charge in [-0.15, -0.1) is 11.3 Å². The summed E-state index contributed by atoms with van der Waals surface area (Å²) in [5.41, 5.74) is 1.73. The van der Waals surface area contributed by atoms with Gasteiger partial charge in [-0.1, -0.05) is 32.5 Å². The second-order valence-corrected chi connectivity index (χ2v) is 9.07. The fourth-order valence-corrected chi connectivity index (χ4v) is 4.77. The first-order valence-corrected chi connectivity index (χ1v) is 9.34. The topological polar surface area (TPSA) is 41.5 Å². The lowest BCUT2D eigenvalue weighted by molar-refractivity contribution is 0.0982. The van der Waals surface area contributed by atoms with Crippen LogP contribution < -0.4 is 5.32 Å². The van der Waals surface area contributed by atoms with Gasteiger partial charge in [0.25, 0.3) is 5.91 Å². The van der Waals surface area contributed by atoms with E-state index in [9.17, 15) is 4.79 Å². The highest BCUT2D eigenvalue weighted by Crippen LogP contribution is 2.40. The Hall–Kier alpha value is -0.810. The van der Waals surface area contributed by atoms with Gasteiger partial charge in [-0.25, -0.2) is 0 Å². The molecule has 5 heteroatoms. The number of fused-ring (bicyclic) bond motifs is 1. The van der Waals surface area contributed by atoms with Gasteiger partial charge in [-0.05, 0) is 42.2 Å². The van der Waals surface area contributed by atoms with Crippen LogP contribution in [0.2, 0.25) is 0 Å². The molecule has 0 radical (unpaired) electrons. The first kappa shape index (κ1) is 15.1. The number of amidine groups is 1. The molecule has 3 nitrogen and oxygen atoms in total. The number of hydrogen-bond acceptors (Lipinski definition) is 4. The summed E-state index contributed by atoms with van der Waals surface area (Å²) in [5, 5.41) is 3.71. The van der Waals surface area contributed by atoms with Gasteiger partial charge in [0.2, 0.25) is 0 Å². The highest BCUT2D eigenvalue weighted by atomic mass is 32.2. The van der Waals surface area contributed by atoms with Gasteiger partial charge in [0.15, 0.2) is 5.17 Å². The fraction of sp³-hybridized carbons (Fsp3) is 0.625. The molecule has 1 unspecified atom stereocenters. The van der Waals surface area contributed by atoms with Crippen molar-refractivity contribution in [1.29, 1.82) is 0 Å². The van der Waals surface area contributed by atoms with Crippen LogP contribution in [0.1, 0.15) is 47.3 Å². The number of nitrogens with zero attached hydrogens (tertiary/aromatic N) is 1. The third-order valence-corrected chi connectivity index (χ3v) is 6.46. The number of aryl methyl sites for hydroxylation is 1. The van der Waals surface area contributed by atoms with Crippen LogP contribution in [0.4, 0.5) is 0 Å². The maximum atomic E-state index is 12.3. The van der Waals surface area contributed by atoms with Crippen molar-refractivity contribution in [2.24, 2.45) is 16.3 Å². The van der Waals surface area contributed by atoms with E-state index in [1.54, 1.807) is 23.1 Å². The minimum absolute atomic E-state index is 0.00913. The first-order valence-electron chi connectivity index (χ1n) is 7.53. The number of amides is 1. The van der Waals surface area contributed by atoms with Crippen LogP contribution in [0.25, 0.3) is 0 Å². The Kier molecular flexibility index (Phi) is 4.14. The van der Waals surface area contributed by atoms with Crippen LogP contribution in [0.15, 0.2) is 11.1 Å². The molecule has 114 valence electrons. The summed E-state index contributed by atoms with van der Waals surface area (Å²) in [5.74, 6) is 1.70. The zero-order valence-electron chi connectivity index (χ0n) is 12.9. The van der Waals surface area contributed by atoms with Gasteiger partial charge in [0.05, 0.1) is 11.4 Å².